The van der Waals surface area contributed by atoms with E-state index in [1.165, 1.54) is 6.08 Å². The number of carbonyl (C=O) groups excluding carboxylic acids is 2. The summed E-state index contributed by atoms with van der Waals surface area (Å²) in [7, 11) is 0. The lowest BCUT2D eigenvalue weighted by Crippen LogP contribution is -2.26. The van der Waals surface area contributed by atoms with Crippen molar-refractivity contribution in [1.82, 2.24) is 0 Å². The molecule has 0 saturated heterocycles. The summed E-state index contributed by atoms with van der Waals surface area (Å²) in [6.07, 6.45) is 1.51. The number of fused-ring (bicyclic) bond motifs is 1. The molecule has 2 nitrogen and oxygen atoms in total. The second-order valence-corrected chi connectivity index (χ2v) is 7.51. The zero-order valence-electron chi connectivity index (χ0n) is 17.3. The van der Waals surface area contributed by atoms with E-state index < -0.39 is 0 Å². The lowest BCUT2D eigenvalue weighted by Gasteiger charge is -2.27. The highest BCUT2D eigenvalue weighted by Gasteiger charge is 2.32. The van der Waals surface area contributed by atoms with Crippen LogP contribution in [0.1, 0.15) is 67.8 Å². The third-order valence-corrected chi connectivity index (χ3v) is 3.72. The Morgan fingerprint density at radius 2 is 1.00 bits per heavy atom. The first-order valence-corrected chi connectivity index (χ1v) is 7.69. The van der Waals surface area contributed by atoms with Gasteiger partial charge in [-0.15, -0.1) is 0 Å². The normalized spacial score (nSPS) is 11.3. The predicted molar refractivity (Wildman–Crippen MR) is 94.9 cm³/mol. The third-order valence-electron chi connectivity index (χ3n) is 3.72. The molecule has 13 heteroatoms. The minimum Gasteiger partial charge on any atom is -0.289 e. The summed E-state index contributed by atoms with van der Waals surface area (Å²) in [4.78, 5) is 24.9. The Kier molecular flexibility index (Phi) is 24.6. The fourth-order valence-corrected chi connectivity index (χ4v) is 2.39. The Labute approximate surface area is 171 Å². The van der Waals surface area contributed by atoms with Gasteiger partial charge in [0, 0.05) is 62.4 Å². The van der Waals surface area contributed by atoms with Crippen molar-refractivity contribution in [2.24, 2.45) is 5.41 Å². The minimum atomic E-state index is -0.312. The molecule has 0 bridgehead atoms. The number of hydrogen-bond acceptors (Lipinski definition) is 2. The first-order valence-electron chi connectivity index (χ1n) is 7.69. The van der Waals surface area contributed by atoms with Crippen molar-refractivity contribution < 1.29 is 60.0 Å². The second kappa shape index (κ2) is 19.5. The molecule has 0 saturated carbocycles. The van der Waals surface area contributed by atoms with Crippen molar-refractivity contribution in [3.05, 3.63) is 46.5 Å². The second-order valence-electron chi connectivity index (χ2n) is 7.51. The molecule has 0 spiro atoms. The van der Waals surface area contributed by atoms with Gasteiger partial charge in [0.1, 0.15) is 0 Å². The summed E-state index contributed by atoms with van der Waals surface area (Å²) in [5.74, 6) is -0.0804. The molecule has 0 heterocycles. The van der Waals surface area contributed by atoms with Crippen molar-refractivity contribution in [3.63, 3.8) is 0 Å². The molecule has 0 aromatic heterocycles. The van der Waals surface area contributed by atoms with E-state index in [0.29, 0.717) is 16.7 Å². The molecule has 31 heavy (non-hydrogen) atoms. The largest absolute Gasteiger partial charge is 0.289 e. The molecule has 0 amide bonds. The number of carbonyl (C=O) groups is 2. The number of hydrogen-bond donors (Lipinski definition) is 0. The average molecular weight is 480 g/mol. The Bertz CT molecular complexity index is 649. The Morgan fingerprint density at radius 3 is 1.32 bits per heavy atom. The van der Waals surface area contributed by atoms with E-state index in [9.17, 15) is 9.59 Å². The number of ketones is 2. The number of halogens is 11. The van der Waals surface area contributed by atoms with E-state index in [-0.39, 0.29) is 27.1 Å². The van der Waals surface area contributed by atoms with Gasteiger partial charge in [-0.25, -0.2) is 0 Å². The molecule has 0 radical (unpaired) electrons. The van der Waals surface area contributed by atoms with Gasteiger partial charge < -0.3 is 0 Å². The van der Waals surface area contributed by atoms with Crippen molar-refractivity contribution >= 4 is 11.6 Å². The highest BCUT2D eigenvalue weighted by molar-refractivity contribution is 6.25. The summed E-state index contributed by atoms with van der Waals surface area (Å²) in [6.45, 7) is 12.2. The first-order chi connectivity index (χ1) is 14.0. The zero-order valence-corrected chi connectivity index (χ0v) is 17.3. The van der Waals surface area contributed by atoms with Crippen LogP contribution in [0.25, 0.3) is 0 Å². The molecule has 1 aromatic rings. The van der Waals surface area contributed by atoms with Crippen molar-refractivity contribution in [1.29, 1.82) is 0 Å². The van der Waals surface area contributed by atoms with Crippen LogP contribution in [0.3, 0.4) is 0 Å². The molecule has 184 valence electrons. The van der Waals surface area contributed by atoms with Crippen molar-refractivity contribution in [3.8, 4) is 0 Å². The van der Waals surface area contributed by atoms with E-state index in [1.54, 1.807) is 6.07 Å². The van der Waals surface area contributed by atoms with Gasteiger partial charge >= 0.3 is 0 Å². The number of Topliss-reactive ketones (excluding diaryl/α,β-unsaturated/α-hetero) is 1. The number of benzene rings is 1. The van der Waals surface area contributed by atoms with E-state index in [1.807, 2.05) is 32.9 Å². The van der Waals surface area contributed by atoms with E-state index in [2.05, 4.69) is 20.8 Å². The van der Waals surface area contributed by atoms with Crippen LogP contribution >= 0.6 is 0 Å². The summed E-state index contributed by atoms with van der Waals surface area (Å²) >= 11 is 0. The van der Waals surface area contributed by atoms with Crippen molar-refractivity contribution in [2.75, 3.05) is 0 Å². The standard InChI is InChI=1S/C18H22O2.5F2.FH/c1-17(2,3)11-7-8-12-13(9-11)15(19)10-14(16(12)20)18(4,5)6;5*1-2;/h7-10H,1-6H3;;;;;;1H. The number of allylic oxidation sites excluding steroid dienone is 2. The van der Waals surface area contributed by atoms with Crippen LogP contribution < -0.4 is 0 Å². The van der Waals surface area contributed by atoms with Crippen molar-refractivity contribution in [2.45, 2.75) is 47.0 Å². The third kappa shape index (κ3) is 12.1. The molecule has 0 atom stereocenters. The maximum absolute atomic E-state index is 12.5. The SMILES string of the molecule is CC(C)(C)C1=CC(=O)c2cc(C(C)(C)C)ccc2C1=O.F.FF.FF.FF.FF.FF. The molecule has 1 aliphatic rings. The number of rotatable bonds is 0. The van der Waals surface area contributed by atoms with Gasteiger partial charge in [0.25, 0.3) is 0 Å². The lowest BCUT2D eigenvalue weighted by atomic mass is 9.75. The smallest absolute Gasteiger partial charge is 0.190 e. The molecule has 2 rings (SSSR count). The van der Waals surface area contributed by atoms with Crippen LogP contribution in [0, 0.1) is 5.41 Å². The molecule has 0 aliphatic heterocycles. The molecular weight excluding hydrogens is 457 g/mol. The minimum absolute atomic E-state index is 0. The maximum Gasteiger partial charge on any atom is 0.190 e. The lowest BCUT2D eigenvalue weighted by molar-refractivity contribution is 0.0967. The zero-order chi connectivity index (χ0) is 25.3. The monoisotopic (exact) mass is 480 g/mol. The molecular formula is C18H23F11O2. The fraction of sp³-hybridized carbons (Fsp3) is 0.444. The van der Waals surface area contributed by atoms with Crippen LogP contribution in [0.4, 0.5) is 50.4 Å². The summed E-state index contributed by atoms with van der Waals surface area (Å²) in [5.41, 5.74) is 2.40. The molecule has 0 fully saturated rings. The van der Waals surface area contributed by atoms with Gasteiger partial charge in [-0.2, -0.15) is 0 Å². The van der Waals surface area contributed by atoms with Gasteiger partial charge in [0.15, 0.2) is 11.6 Å². The highest BCUT2D eigenvalue weighted by atomic mass is 20.0. The van der Waals surface area contributed by atoms with E-state index >= 15 is 0 Å². The average Bonchev–Trinajstić information content (AvgIpc) is 2.76. The van der Waals surface area contributed by atoms with Gasteiger partial charge in [0.05, 0.1) is 0 Å². The summed E-state index contributed by atoms with van der Waals surface area (Å²) in [5, 5.41) is 0. The van der Waals surface area contributed by atoms with Crippen LogP contribution in [0.2, 0.25) is 0 Å². The van der Waals surface area contributed by atoms with Crippen LogP contribution in [0.5, 0.6) is 0 Å². The Balaban J connectivity index is -0.000000180. The highest BCUT2D eigenvalue weighted by Crippen LogP contribution is 2.34. The molecule has 1 aliphatic carbocycles. The van der Waals surface area contributed by atoms with E-state index in [0.717, 1.165) is 5.56 Å². The van der Waals surface area contributed by atoms with Gasteiger partial charge in [-0.3, -0.25) is 14.3 Å². The Hall–Kier alpha value is -2.47. The Morgan fingerprint density at radius 1 is 0.613 bits per heavy atom. The van der Waals surface area contributed by atoms with Crippen LogP contribution in [-0.2, 0) is 5.41 Å². The van der Waals surface area contributed by atoms with Crippen LogP contribution in [-0.4, -0.2) is 11.6 Å². The van der Waals surface area contributed by atoms with Crippen LogP contribution in [0.15, 0.2) is 29.8 Å². The van der Waals surface area contributed by atoms with E-state index in [4.69, 9.17) is 45.7 Å². The van der Waals surface area contributed by atoms with Gasteiger partial charge in [-0.05, 0) is 28.5 Å². The maximum atomic E-state index is 12.5. The van der Waals surface area contributed by atoms with Gasteiger partial charge in [0.2, 0.25) is 0 Å². The predicted octanol–water partition coefficient (Wildman–Crippen LogP) is 8.69. The molecule has 0 N–H and O–H groups in total. The molecule has 0 unspecified atom stereocenters. The fourth-order valence-electron chi connectivity index (χ4n) is 2.39. The first kappa shape index (κ1) is 39.1. The summed E-state index contributed by atoms with van der Waals surface area (Å²) < 4.78 is 80.0. The topological polar surface area (TPSA) is 34.1 Å². The summed E-state index contributed by atoms with van der Waals surface area (Å²) in [6, 6.07) is 5.62. The molecule has 1 aromatic carbocycles. The quantitative estimate of drug-likeness (QED) is 0.348. The van der Waals surface area contributed by atoms with Gasteiger partial charge in [-0.1, -0.05) is 53.7 Å².